The van der Waals surface area contributed by atoms with Gasteiger partial charge in [0.25, 0.3) is 5.91 Å². The van der Waals surface area contributed by atoms with E-state index in [9.17, 15) is 4.79 Å². The number of carbonyl (C=O) groups excluding carboxylic acids is 1. The number of rotatable bonds is 7. The minimum Gasteiger partial charge on any atom is -0.495 e. The van der Waals surface area contributed by atoms with Crippen LogP contribution in [0.2, 0.25) is 10.0 Å². The number of amides is 1. The molecule has 3 N–H and O–H groups in total. The Morgan fingerprint density at radius 3 is 2.44 bits per heavy atom. The number of anilines is 3. The summed E-state index contributed by atoms with van der Waals surface area (Å²) in [6, 6.07) is 4.67. The van der Waals surface area contributed by atoms with Gasteiger partial charge in [-0.05, 0) is 12.6 Å². The summed E-state index contributed by atoms with van der Waals surface area (Å²) in [4.78, 5) is 31.2. The molecule has 1 amide bonds. The number of ether oxygens (including phenoxy) is 2. The molecule has 0 atom stereocenters. The van der Waals surface area contributed by atoms with Crippen LogP contribution in [0.3, 0.4) is 0 Å². The van der Waals surface area contributed by atoms with Gasteiger partial charge in [0.1, 0.15) is 33.7 Å². The number of carbonyl (C=O) groups is 1. The highest BCUT2D eigenvalue weighted by Crippen LogP contribution is 2.44. The van der Waals surface area contributed by atoms with Crippen molar-refractivity contribution in [2.24, 2.45) is 0 Å². The zero-order valence-electron chi connectivity index (χ0n) is 23.4. The molecule has 43 heavy (non-hydrogen) atoms. The number of nitrogens with one attached hydrogen (secondary N) is 1. The molecule has 0 spiro atoms. The quantitative estimate of drug-likeness (QED) is 0.237. The van der Waals surface area contributed by atoms with E-state index in [4.69, 9.17) is 38.4 Å². The molecule has 0 radical (unpaired) electrons. The lowest BCUT2D eigenvalue weighted by molar-refractivity contribution is 0.102. The van der Waals surface area contributed by atoms with E-state index in [1.807, 2.05) is 4.90 Å². The van der Waals surface area contributed by atoms with Crippen molar-refractivity contribution in [2.45, 2.75) is 6.92 Å². The number of hydrogen-bond donors (Lipinski definition) is 2. The molecular weight excluding hydrogens is 618 g/mol. The van der Waals surface area contributed by atoms with Gasteiger partial charge in [-0.1, -0.05) is 30.1 Å². The molecule has 1 aliphatic rings. The van der Waals surface area contributed by atoms with Crippen LogP contribution in [0.1, 0.15) is 17.3 Å². The van der Waals surface area contributed by atoms with E-state index in [0.29, 0.717) is 32.8 Å². The van der Waals surface area contributed by atoms with Crippen LogP contribution in [0.4, 0.5) is 21.7 Å². The summed E-state index contributed by atoms with van der Waals surface area (Å²) in [5, 5.41) is 4.62. The van der Waals surface area contributed by atoms with E-state index < -0.39 is 5.91 Å². The molecule has 0 unspecified atom stereocenters. The van der Waals surface area contributed by atoms with Gasteiger partial charge in [0.2, 0.25) is 5.95 Å². The van der Waals surface area contributed by atoms with Crippen molar-refractivity contribution >= 4 is 79.0 Å². The lowest BCUT2D eigenvalue weighted by Gasteiger charge is -2.35. The Labute approximate surface area is 259 Å². The molecule has 4 heterocycles. The maximum absolute atomic E-state index is 15.5. The van der Waals surface area contributed by atoms with Crippen molar-refractivity contribution in [3.63, 3.8) is 0 Å². The molecule has 1 fully saturated rings. The van der Waals surface area contributed by atoms with Crippen LogP contribution >= 0.6 is 34.5 Å². The van der Waals surface area contributed by atoms with Crippen molar-refractivity contribution in [3.05, 3.63) is 51.3 Å². The number of fused-ring (bicyclic) bond motifs is 2. The first-order valence-electron chi connectivity index (χ1n) is 13.3. The minimum absolute atomic E-state index is 0.114. The molecule has 224 valence electrons. The van der Waals surface area contributed by atoms with Crippen molar-refractivity contribution in [1.82, 2.24) is 24.4 Å². The van der Waals surface area contributed by atoms with Crippen LogP contribution in [-0.2, 0) is 0 Å². The summed E-state index contributed by atoms with van der Waals surface area (Å²) in [5.74, 6) is 0.161. The molecule has 3 aromatic heterocycles. The highest BCUT2D eigenvalue weighted by atomic mass is 35.5. The van der Waals surface area contributed by atoms with Gasteiger partial charge in [0.05, 0.1) is 52.4 Å². The zero-order chi connectivity index (χ0) is 30.4. The van der Waals surface area contributed by atoms with Crippen LogP contribution in [0, 0.1) is 5.82 Å². The monoisotopic (exact) mass is 644 g/mol. The van der Waals surface area contributed by atoms with Crippen LogP contribution in [0.5, 0.6) is 11.5 Å². The summed E-state index contributed by atoms with van der Waals surface area (Å²) in [5.41, 5.74) is 8.58. The summed E-state index contributed by atoms with van der Waals surface area (Å²) in [7, 11) is 2.88. The lowest BCUT2D eigenvalue weighted by Crippen LogP contribution is -2.46. The summed E-state index contributed by atoms with van der Waals surface area (Å²) < 4.78 is 28.2. The van der Waals surface area contributed by atoms with E-state index in [1.54, 1.807) is 16.0 Å². The molecule has 1 aliphatic heterocycles. The fourth-order valence-electron chi connectivity index (χ4n) is 5.21. The molecule has 6 rings (SSSR count). The standard InChI is InChI=1S/C28H27Cl2FN8O3S/c1-4-37-5-7-38(8-6-37)17-10-16-18(9-15(17)31)39(28(32)35-16)26-25-23(33-13-34-26)14(12-43-25)27(40)36-24-21(29)19(41-2)11-20(42-3)22(24)30/h9-13H,4-8H2,1-3H3,(H2,32,35)(H,36,40). The van der Waals surface area contributed by atoms with Gasteiger partial charge in [-0.2, -0.15) is 0 Å². The van der Waals surface area contributed by atoms with Gasteiger partial charge in [-0.3, -0.25) is 9.36 Å². The zero-order valence-corrected chi connectivity index (χ0v) is 25.8. The molecule has 0 saturated carbocycles. The number of halogens is 3. The smallest absolute Gasteiger partial charge is 0.258 e. The molecular formula is C28H27Cl2FN8O3S. The number of nitrogens with two attached hydrogens (primary N) is 1. The maximum atomic E-state index is 15.5. The highest BCUT2D eigenvalue weighted by Gasteiger charge is 2.25. The van der Waals surface area contributed by atoms with E-state index in [0.717, 1.165) is 32.7 Å². The minimum atomic E-state index is -0.516. The molecule has 1 saturated heterocycles. The number of aromatic nitrogens is 4. The molecule has 2 aromatic carbocycles. The Hall–Kier alpha value is -3.91. The predicted molar refractivity (Wildman–Crippen MR) is 168 cm³/mol. The maximum Gasteiger partial charge on any atom is 0.258 e. The number of hydrogen-bond acceptors (Lipinski definition) is 10. The Morgan fingerprint density at radius 1 is 1.09 bits per heavy atom. The number of nitrogen functional groups attached to an aromatic ring is 1. The molecule has 15 heteroatoms. The molecule has 0 bridgehead atoms. The number of nitrogens with zero attached hydrogens (tertiary/aromatic N) is 6. The van der Waals surface area contributed by atoms with Gasteiger partial charge < -0.3 is 30.3 Å². The first-order chi connectivity index (χ1) is 20.7. The van der Waals surface area contributed by atoms with Crippen LogP contribution in [0.15, 0.2) is 29.9 Å². The van der Waals surface area contributed by atoms with Crippen LogP contribution in [0.25, 0.3) is 27.1 Å². The first kappa shape index (κ1) is 29.2. The van der Waals surface area contributed by atoms with E-state index in [2.05, 4.69) is 32.1 Å². The van der Waals surface area contributed by atoms with Crippen LogP contribution in [-0.4, -0.2) is 77.3 Å². The van der Waals surface area contributed by atoms with Gasteiger partial charge >= 0.3 is 0 Å². The second-order valence-corrected chi connectivity index (χ2v) is 11.4. The normalized spacial score (nSPS) is 14.0. The number of thiophene rings is 1. The molecule has 5 aromatic rings. The van der Waals surface area contributed by atoms with Gasteiger partial charge in [-0.25, -0.2) is 19.3 Å². The Kier molecular flexibility index (Phi) is 7.90. The number of methoxy groups -OCH3 is 2. The number of benzene rings is 2. The second-order valence-electron chi connectivity index (χ2n) is 9.78. The average molecular weight is 646 g/mol. The van der Waals surface area contributed by atoms with Gasteiger partial charge in [0.15, 0.2) is 5.82 Å². The fraction of sp³-hybridized carbons (Fsp3) is 0.286. The van der Waals surface area contributed by atoms with Crippen molar-refractivity contribution in [2.75, 3.05) is 62.9 Å². The summed E-state index contributed by atoms with van der Waals surface area (Å²) in [6.07, 6.45) is 1.32. The van der Waals surface area contributed by atoms with E-state index >= 15 is 4.39 Å². The third kappa shape index (κ3) is 5.05. The van der Waals surface area contributed by atoms with Crippen molar-refractivity contribution in [3.8, 4) is 17.3 Å². The first-order valence-corrected chi connectivity index (χ1v) is 15.0. The van der Waals surface area contributed by atoms with Gasteiger partial charge in [-0.15, -0.1) is 11.3 Å². The third-order valence-corrected chi connectivity index (χ3v) is 9.23. The Balaban J connectivity index is 1.37. The lowest BCUT2D eigenvalue weighted by atomic mass is 10.2. The third-order valence-electron chi connectivity index (χ3n) is 7.51. The average Bonchev–Trinajstić information content (AvgIpc) is 3.59. The summed E-state index contributed by atoms with van der Waals surface area (Å²) >= 11 is 14.2. The van der Waals surface area contributed by atoms with Crippen molar-refractivity contribution < 1.29 is 18.7 Å². The van der Waals surface area contributed by atoms with Crippen molar-refractivity contribution in [1.29, 1.82) is 0 Å². The molecule has 0 aliphatic carbocycles. The Morgan fingerprint density at radius 2 is 1.79 bits per heavy atom. The topological polar surface area (TPSA) is 124 Å². The number of likely N-dealkylation sites (N-methyl/N-ethyl adjacent to an activating group) is 1. The molecule has 11 nitrogen and oxygen atoms in total. The largest absolute Gasteiger partial charge is 0.495 e. The number of imidazole rings is 1. The summed E-state index contributed by atoms with van der Waals surface area (Å²) in [6.45, 7) is 6.25. The van der Waals surface area contributed by atoms with E-state index in [-0.39, 0.29) is 44.6 Å². The fourth-order valence-corrected chi connectivity index (χ4v) is 6.78. The second kappa shape index (κ2) is 11.6. The predicted octanol–water partition coefficient (Wildman–Crippen LogP) is 5.47. The van der Waals surface area contributed by atoms with Gasteiger partial charge in [0, 0.05) is 43.7 Å². The SMILES string of the molecule is CCN1CCN(c2cc3nc(N)n(-c4ncnc5c(C(=O)Nc6c(Cl)c(OC)cc(OC)c6Cl)csc45)c3cc2F)CC1. The van der Waals surface area contributed by atoms with E-state index in [1.165, 1.54) is 44.0 Å². The van der Waals surface area contributed by atoms with Crippen LogP contribution < -0.4 is 25.4 Å². The Bertz CT molecular complexity index is 1840. The number of piperazine rings is 1. The highest BCUT2D eigenvalue weighted by molar-refractivity contribution is 7.18.